The van der Waals surface area contributed by atoms with Gasteiger partial charge in [-0.05, 0) is 70.4 Å². The number of likely N-dealkylation sites (N-methyl/N-ethyl adjacent to an activating group) is 1. The van der Waals surface area contributed by atoms with Gasteiger partial charge in [-0.1, -0.05) is 12.8 Å². The van der Waals surface area contributed by atoms with Gasteiger partial charge in [-0.25, -0.2) is 9.97 Å². The maximum Gasteiger partial charge on any atom is 0.419 e. The smallest absolute Gasteiger partial charge is 0.419 e. The minimum Gasteiger partial charge on any atom is -0.495 e. The minimum atomic E-state index is -4.61. The molecule has 1 unspecified atom stereocenters. The van der Waals surface area contributed by atoms with E-state index in [1.807, 2.05) is 0 Å². The third-order valence-corrected chi connectivity index (χ3v) is 10.5. The molecule has 14 heteroatoms. The number of aromatic nitrogens is 2. The van der Waals surface area contributed by atoms with Crippen molar-refractivity contribution in [3.63, 3.8) is 0 Å². The summed E-state index contributed by atoms with van der Waals surface area (Å²) in [5.74, 6) is 0.0539. The first kappa shape index (κ1) is 32.5. The van der Waals surface area contributed by atoms with E-state index < -0.39 is 11.7 Å². The number of carbonyl (C=O) groups excluding carboxylic acids is 2. The van der Waals surface area contributed by atoms with Gasteiger partial charge in [-0.3, -0.25) is 9.59 Å². The highest BCUT2D eigenvalue weighted by Gasteiger charge is 2.81. The zero-order chi connectivity index (χ0) is 32.7. The lowest BCUT2D eigenvalue weighted by Gasteiger charge is -2.33. The second kappa shape index (κ2) is 12.6. The molecule has 0 radical (unpaired) electrons. The Bertz CT molecular complexity index is 1470. The summed E-state index contributed by atoms with van der Waals surface area (Å²) in [4.78, 5) is 35.4. The number of methoxy groups -OCH3 is 1. The standard InChI is InChI=1S/C32H43F3N8O3/c1-36-27(44)17-37-25-6-4-5-11-30(25)18-31(30)26(42-31)15-23-21(32(33,34)35)16-38-29(41-23)40-22-8-7-19(14-24(22)46-3)28(45)39-20-9-12-43(2)13-10-20/h7-8,14,16,20,25-26,37,42H,4-6,9-13,15,17-18H2,1-3H3,(H,36,44)(H,39,45)(H,38,40,41)/t25-,26?,30-,31+/m1/s1. The number of piperidine rings is 1. The average Bonchev–Trinajstić information content (AvgIpc) is 3.91. The number of fused-ring (bicyclic) bond motifs is 1. The number of amides is 2. The van der Waals surface area contributed by atoms with Gasteiger partial charge in [0.05, 0.1) is 30.6 Å². The van der Waals surface area contributed by atoms with E-state index in [0.29, 0.717) is 17.0 Å². The summed E-state index contributed by atoms with van der Waals surface area (Å²) in [6.07, 6.45) is 2.95. The molecule has 4 aliphatic rings. The number of likely N-dealkylation sites (tertiary alicyclic amines) is 1. The number of hydrogen-bond acceptors (Lipinski definition) is 9. The Hall–Kier alpha value is -3.49. The number of anilines is 2. The number of ether oxygens (including phenoxy) is 1. The summed E-state index contributed by atoms with van der Waals surface area (Å²) >= 11 is 0. The van der Waals surface area contributed by atoms with Gasteiger partial charge < -0.3 is 36.2 Å². The first-order valence-electron chi connectivity index (χ1n) is 16.1. The second-order valence-corrected chi connectivity index (χ2v) is 13.2. The van der Waals surface area contributed by atoms with Crippen LogP contribution in [0.4, 0.5) is 24.8 Å². The molecule has 2 amide bonds. The lowest BCUT2D eigenvalue weighted by molar-refractivity contribution is -0.138. The van der Waals surface area contributed by atoms with Crippen molar-refractivity contribution in [1.29, 1.82) is 0 Å². The molecule has 4 fully saturated rings. The van der Waals surface area contributed by atoms with Crippen LogP contribution in [0.5, 0.6) is 5.75 Å². The molecule has 6 rings (SSSR count). The molecule has 2 spiro atoms. The highest BCUT2D eigenvalue weighted by Crippen LogP contribution is 2.72. The summed E-state index contributed by atoms with van der Waals surface area (Å²) in [5.41, 5.74) is -0.418. The van der Waals surface area contributed by atoms with Crippen LogP contribution in [0.3, 0.4) is 0 Å². The predicted octanol–water partition coefficient (Wildman–Crippen LogP) is 2.99. The Morgan fingerprint density at radius 2 is 1.96 bits per heavy atom. The summed E-state index contributed by atoms with van der Waals surface area (Å²) < 4.78 is 47.8. The molecule has 5 N–H and O–H groups in total. The number of rotatable bonds is 10. The number of halogens is 3. The molecule has 250 valence electrons. The van der Waals surface area contributed by atoms with Crippen LogP contribution in [0, 0.1) is 5.41 Å². The highest BCUT2D eigenvalue weighted by molar-refractivity contribution is 5.95. The molecule has 4 atom stereocenters. The fourth-order valence-electron chi connectivity index (χ4n) is 7.74. The van der Waals surface area contributed by atoms with Gasteiger partial charge in [0.25, 0.3) is 5.91 Å². The Balaban J connectivity index is 1.16. The van der Waals surface area contributed by atoms with Gasteiger partial charge in [0, 0.05) is 54.3 Å². The lowest BCUT2D eigenvalue weighted by atomic mass is 9.78. The third kappa shape index (κ3) is 6.39. The van der Waals surface area contributed by atoms with E-state index in [-0.39, 0.29) is 65.5 Å². The van der Waals surface area contributed by atoms with Crippen LogP contribution in [-0.2, 0) is 17.4 Å². The van der Waals surface area contributed by atoms with Gasteiger partial charge in [-0.2, -0.15) is 13.2 Å². The van der Waals surface area contributed by atoms with Gasteiger partial charge in [0.1, 0.15) is 5.75 Å². The van der Waals surface area contributed by atoms with E-state index in [0.717, 1.165) is 64.2 Å². The molecule has 2 aliphatic carbocycles. The van der Waals surface area contributed by atoms with Gasteiger partial charge in [0.15, 0.2) is 0 Å². The van der Waals surface area contributed by atoms with Crippen molar-refractivity contribution in [3.05, 3.63) is 41.2 Å². The quantitative estimate of drug-likeness (QED) is 0.247. The molecular weight excluding hydrogens is 601 g/mol. The monoisotopic (exact) mass is 644 g/mol. The van der Waals surface area contributed by atoms with E-state index in [9.17, 15) is 22.8 Å². The van der Waals surface area contributed by atoms with E-state index >= 15 is 0 Å². The average molecular weight is 645 g/mol. The van der Waals surface area contributed by atoms with Gasteiger partial charge in [0.2, 0.25) is 11.9 Å². The second-order valence-electron chi connectivity index (χ2n) is 13.2. The van der Waals surface area contributed by atoms with E-state index in [1.54, 1.807) is 25.2 Å². The molecule has 2 saturated carbocycles. The van der Waals surface area contributed by atoms with Crippen LogP contribution in [-0.4, -0.2) is 91.2 Å². The normalized spacial score (nSPS) is 27.8. The molecule has 2 aromatic rings. The zero-order valence-corrected chi connectivity index (χ0v) is 26.5. The topological polar surface area (TPSA) is 142 Å². The summed E-state index contributed by atoms with van der Waals surface area (Å²) in [6, 6.07) is 4.95. The lowest BCUT2D eigenvalue weighted by Crippen LogP contribution is -2.46. The van der Waals surface area contributed by atoms with Crippen molar-refractivity contribution in [2.45, 2.75) is 81.2 Å². The molecule has 1 aromatic carbocycles. The van der Waals surface area contributed by atoms with Crippen molar-refractivity contribution in [1.82, 2.24) is 36.1 Å². The number of carbonyl (C=O) groups is 2. The summed E-state index contributed by atoms with van der Waals surface area (Å²) in [5, 5.41) is 15.7. The fourth-order valence-corrected chi connectivity index (χ4v) is 7.74. The first-order valence-corrected chi connectivity index (χ1v) is 16.1. The van der Waals surface area contributed by atoms with E-state index in [2.05, 4.69) is 48.5 Å². The molecule has 2 saturated heterocycles. The van der Waals surface area contributed by atoms with E-state index in [1.165, 1.54) is 7.11 Å². The molecule has 1 aromatic heterocycles. The van der Waals surface area contributed by atoms with Crippen molar-refractivity contribution in [3.8, 4) is 5.75 Å². The van der Waals surface area contributed by atoms with Crippen molar-refractivity contribution in [2.24, 2.45) is 5.41 Å². The van der Waals surface area contributed by atoms with Gasteiger partial charge >= 0.3 is 6.18 Å². The number of alkyl halides is 3. The van der Waals surface area contributed by atoms with E-state index in [4.69, 9.17) is 4.74 Å². The van der Waals surface area contributed by atoms with Crippen LogP contribution in [0.25, 0.3) is 0 Å². The largest absolute Gasteiger partial charge is 0.495 e. The molecule has 2 aliphatic heterocycles. The summed E-state index contributed by atoms with van der Waals surface area (Å²) in [7, 11) is 5.12. The number of nitrogens with zero attached hydrogens (tertiary/aromatic N) is 3. The van der Waals surface area contributed by atoms with Crippen LogP contribution in [0.15, 0.2) is 24.4 Å². The summed E-state index contributed by atoms with van der Waals surface area (Å²) in [6.45, 7) is 2.06. The maximum absolute atomic E-state index is 14.1. The van der Waals surface area contributed by atoms with Crippen LogP contribution in [0.1, 0.15) is 66.6 Å². The number of benzene rings is 1. The predicted molar refractivity (Wildman–Crippen MR) is 166 cm³/mol. The van der Waals surface area contributed by atoms with Gasteiger partial charge in [-0.15, -0.1) is 0 Å². The number of nitrogens with one attached hydrogen (secondary N) is 5. The number of hydrogen-bond donors (Lipinski definition) is 5. The van der Waals surface area contributed by atoms with Crippen LogP contribution < -0.4 is 31.3 Å². The third-order valence-electron chi connectivity index (χ3n) is 10.5. The Morgan fingerprint density at radius 1 is 1.17 bits per heavy atom. The minimum absolute atomic E-state index is 0.00725. The van der Waals surface area contributed by atoms with Crippen molar-refractivity contribution < 1.29 is 27.5 Å². The Labute approximate surface area is 266 Å². The highest BCUT2D eigenvalue weighted by atomic mass is 19.4. The molecule has 11 nitrogen and oxygen atoms in total. The fraction of sp³-hybridized carbons (Fsp3) is 0.625. The van der Waals surface area contributed by atoms with Crippen molar-refractivity contribution in [2.75, 3.05) is 46.2 Å². The molecule has 46 heavy (non-hydrogen) atoms. The Morgan fingerprint density at radius 3 is 2.67 bits per heavy atom. The molecule has 0 bridgehead atoms. The van der Waals surface area contributed by atoms with Crippen LogP contribution in [0.2, 0.25) is 0 Å². The molecule has 3 heterocycles. The molecular formula is C32H43F3N8O3. The van der Waals surface area contributed by atoms with Crippen molar-refractivity contribution >= 4 is 23.5 Å². The maximum atomic E-state index is 14.1. The zero-order valence-electron chi connectivity index (χ0n) is 26.5. The Kier molecular flexibility index (Phi) is 8.89. The van der Waals surface area contributed by atoms with Crippen LogP contribution >= 0.6 is 0 Å². The first-order chi connectivity index (χ1) is 22.0. The SMILES string of the molecule is CNC(=O)CN[C@@H]1CCCC[C@@]12C[C@@]21NC1Cc1nc(Nc2ccc(C(=O)NC3CCN(C)CC3)cc2OC)ncc1C(F)(F)F.